The topological polar surface area (TPSA) is 32.5 Å². The Morgan fingerprint density at radius 1 is 1.35 bits per heavy atom. The van der Waals surface area contributed by atoms with Gasteiger partial charge in [0.15, 0.2) is 0 Å². The molecular formula is C16H26ClN3. The number of hydrogen-bond donors (Lipinski definition) is 1. The van der Waals surface area contributed by atoms with Gasteiger partial charge in [0.2, 0.25) is 0 Å². The molecule has 1 atom stereocenters. The van der Waals surface area contributed by atoms with Gasteiger partial charge in [-0.05, 0) is 42.8 Å². The number of likely N-dealkylation sites (N-methyl/N-ethyl adjacent to an activating group) is 1. The second-order valence-corrected chi connectivity index (χ2v) is 5.90. The standard InChI is InChI=1S/C16H26ClN3/c1-4-19(5-2)8-9-20-11-14-12(3)15(17)7-6-13(14)16(20)10-18/h6-7,16H,4-5,8-11,18H2,1-3H3. The minimum atomic E-state index is 0.344. The fourth-order valence-electron chi connectivity index (χ4n) is 3.10. The van der Waals surface area contributed by atoms with Gasteiger partial charge in [-0.25, -0.2) is 0 Å². The highest BCUT2D eigenvalue weighted by molar-refractivity contribution is 6.31. The summed E-state index contributed by atoms with van der Waals surface area (Å²) in [6, 6.07) is 4.50. The van der Waals surface area contributed by atoms with E-state index >= 15 is 0 Å². The van der Waals surface area contributed by atoms with Crippen LogP contribution in [0.3, 0.4) is 0 Å². The number of halogens is 1. The van der Waals surface area contributed by atoms with Crippen molar-refractivity contribution < 1.29 is 0 Å². The summed E-state index contributed by atoms with van der Waals surface area (Å²) in [5.74, 6) is 0. The minimum absolute atomic E-state index is 0.344. The molecule has 0 bridgehead atoms. The molecular weight excluding hydrogens is 270 g/mol. The van der Waals surface area contributed by atoms with Crippen molar-refractivity contribution in [1.29, 1.82) is 0 Å². The van der Waals surface area contributed by atoms with Gasteiger partial charge in [0, 0.05) is 37.2 Å². The number of nitrogens with zero attached hydrogens (tertiary/aromatic N) is 2. The smallest absolute Gasteiger partial charge is 0.0477 e. The molecule has 1 aromatic rings. The number of nitrogens with two attached hydrogens (primary N) is 1. The monoisotopic (exact) mass is 295 g/mol. The summed E-state index contributed by atoms with van der Waals surface area (Å²) >= 11 is 6.25. The fourth-order valence-corrected chi connectivity index (χ4v) is 3.28. The predicted octanol–water partition coefficient (Wildman–Crippen LogP) is 2.81. The van der Waals surface area contributed by atoms with E-state index in [1.54, 1.807) is 0 Å². The molecule has 1 aliphatic heterocycles. The molecule has 0 radical (unpaired) electrons. The van der Waals surface area contributed by atoms with Crippen LogP contribution >= 0.6 is 11.6 Å². The van der Waals surface area contributed by atoms with Crippen LogP contribution in [0.25, 0.3) is 0 Å². The van der Waals surface area contributed by atoms with Crippen molar-refractivity contribution in [2.75, 3.05) is 32.7 Å². The molecule has 0 aromatic heterocycles. The molecule has 112 valence electrons. The zero-order valence-electron chi connectivity index (χ0n) is 12.8. The first kappa shape index (κ1) is 15.8. The largest absolute Gasteiger partial charge is 0.329 e. The molecule has 2 N–H and O–H groups in total. The maximum atomic E-state index is 6.25. The van der Waals surface area contributed by atoms with Crippen LogP contribution in [-0.4, -0.2) is 42.5 Å². The van der Waals surface area contributed by atoms with Gasteiger partial charge >= 0.3 is 0 Å². The van der Waals surface area contributed by atoms with Crippen molar-refractivity contribution in [2.24, 2.45) is 5.73 Å². The molecule has 4 heteroatoms. The van der Waals surface area contributed by atoms with E-state index < -0.39 is 0 Å². The lowest BCUT2D eigenvalue weighted by Gasteiger charge is -2.27. The maximum absolute atomic E-state index is 6.25. The van der Waals surface area contributed by atoms with Gasteiger partial charge in [-0.1, -0.05) is 31.5 Å². The van der Waals surface area contributed by atoms with Gasteiger partial charge in [-0.2, -0.15) is 0 Å². The second-order valence-electron chi connectivity index (χ2n) is 5.49. The maximum Gasteiger partial charge on any atom is 0.0477 e. The van der Waals surface area contributed by atoms with E-state index in [0.29, 0.717) is 12.6 Å². The van der Waals surface area contributed by atoms with Crippen LogP contribution in [0.5, 0.6) is 0 Å². The third-order valence-corrected chi connectivity index (χ3v) is 4.96. The molecule has 1 unspecified atom stereocenters. The van der Waals surface area contributed by atoms with Crippen LogP contribution in [-0.2, 0) is 6.54 Å². The van der Waals surface area contributed by atoms with Crippen LogP contribution in [0.4, 0.5) is 0 Å². The number of fused-ring (bicyclic) bond motifs is 1. The lowest BCUT2D eigenvalue weighted by molar-refractivity contribution is 0.180. The van der Waals surface area contributed by atoms with Crippen LogP contribution in [0.1, 0.15) is 36.6 Å². The van der Waals surface area contributed by atoms with E-state index in [-0.39, 0.29) is 0 Å². The van der Waals surface area contributed by atoms with Gasteiger partial charge in [-0.3, -0.25) is 4.90 Å². The predicted molar refractivity (Wildman–Crippen MR) is 86.2 cm³/mol. The first-order valence-corrected chi connectivity index (χ1v) is 7.94. The number of hydrogen-bond acceptors (Lipinski definition) is 3. The van der Waals surface area contributed by atoms with Crippen LogP contribution < -0.4 is 5.73 Å². The lowest BCUT2D eigenvalue weighted by atomic mass is 10.0. The van der Waals surface area contributed by atoms with Crippen molar-refractivity contribution in [3.8, 4) is 0 Å². The highest BCUT2D eigenvalue weighted by Crippen LogP contribution is 2.37. The molecule has 0 spiro atoms. The van der Waals surface area contributed by atoms with Crippen molar-refractivity contribution in [3.05, 3.63) is 33.8 Å². The Labute approximate surface area is 127 Å². The third kappa shape index (κ3) is 3.01. The van der Waals surface area contributed by atoms with Crippen LogP contribution in [0.15, 0.2) is 12.1 Å². The van der Waals surface area contributed by atoms with Crippen molar-refractivity contribution in [2.45, 2.75) is 33.4 Å². The van der Waals surface area contributed by atoms with E-state index in [0.717, 1.165) is 37.7 Å². The molecule has 3 nitrogen and oxygen atoms in total. The summed E-state index contributed by atoms with van der Waals surface area (Å²) in [4.78, 5) is 4.95. The Morgan fingerprint density at radius 3 is 2.65 bits per heavy atom. The molecule has 0 fully saturated rings. The molecule has 0 saturated carbocycles. The fraction of sp³-hybridized carbons (Fsp3) is 0.625. The molecule has 2 rings (SSSR count). The summed E-state index contributed by atoms with van der Waals surface area (Å²) in [5.41, 5.74) is 9.98. The average Bonchev–Trinajstić information content (AvgIpc) is 2.82. The molecule has 0 saturated heterocycles. The van der Waals surface area contributed by atoms with E-state index in [4.69, 9.17) is 17.3 Å². The summed E-state index contributed by atoms with van der Waals surface area (Å²) in [5, 5.41) is 0.866. The van der Waals surface area contributed by atoms with Crippen LogP contribution in [0.2, 0.25) is 5.02 Å². The minimum Gasteiger partial charge on any atom is -0.329 e. The number of rotatable bonds is 6. The summed E-state index contributed by atoms with van der Waals surface area (Å²) < 4.78 is 0. The zero-order chi connectivity index (χ0) is 14.7. The molecule has 1 aromatic carbocycles. The Bertz CT molecular complexity index is 457. The third-order valence-electron chi connectivity index (χ3n) is 4.55. The summed E-state index contributed by atoms with van der Waals surface area (Å²) in [6.45, 7) is 12.6. The molecule has 0 amide bonds. The van der Waals surface area contributed by atoms with Crippen LogP contribution in [0, 0.1) is 6.92 Å². The molecule has 1 aliphatic rings. The normalized spacial score (nSPS) is 18.8. The first-order valence-electron chi connectivity index (χ1n) is 7.56. The van der Waals surface area contributed by atoms with Gasteiger partial charge in [-0.15, -0.1) is 0 Å². The molecule has 0 aliphatic carbocycles. The Balaban J connectivity index is 2.12. The first-order chi connectivity index (χ1) is 9.62. The lowest BCUT2D eigenvalue weighted by Crippen LogP contribution is -2.36. The van der Waals surface area contributed by atoms with E-state index in [9.17, 15) is 0 Å². The average molecular weight is 296 g/mol. The van der Waals surface area contributed by atoms with Crippen molar-refractivity contribution >= 4 is 11.6 Å². The van der Waals surface area contributed by atoms with Crippen molar-refractivity contribution in [3.63, 3.8) is 0 Å². The second kappa shape index (κ2) is 6.90. The van der Waals surface area contributed by atoms with Gasteiger partial charge in [0.1, 0.15) is 0 Å². The SMILES string of the molecule is CCN(CC)CCN1Cc2c(ccc(Cl)c2C)C1CN. The van der Waals surface area contributed by atoms with Gasteiger partial charge in [0.25, 0.3) is 0 Å². The van der Waals surface area contributed by atoms with Gasteiger partial charge in [0.05, 0.1) is 0 Å². The summed E-state index contributed by atoms with van der Waals surface area (Å²) in [7, 11) is 0. The highest BCUT2D eigenvalue weighted by Gasteiger charge is 2.30. The van der Waals surface area contributed by atoms with E-state index in [2.05, 4.69) is 36.6 Å². The van der Waals surface area contributed by atoms with E-state index in [1.807, 2.05) is 6.07 Å². The summed E-state index contributed by atoms with van der Waals surface area (Å²) in [6.07, 6.45) is 0. The van der Waals surface area contributed by atoms with Gasteiger partial charge < -0.3 is 10.6 Å². The Kier molecular flexibility index (Phi) is 5.44. The Hall–Kier alpha value is -0.610. The molecule has 20 heavy (non-hydrogen) atoms. The van der Waals surface area contributed by atoms with Crippen molar-refractivity contribution in [1.82, 2.24) is 9.80 Å². The zero-order valence-corrected chi connectivity index (χ0v) is 13.6. The molecule has 1 heterocycles. The Morgan fingerprint density at radius 2 is 2.05 bits per heavy atom. The number of benzene rings is 1. The highest BCUT2D eigenvalue weighted by atomic mass is 35.5. The quantitative estimate of drug-likeness (QED) is 0.876. The van der Waals surface area contributed by atoms with E-state index in [1.165, 1.54) is 16.7 Å².